The topological polar surface area (TPSA) is 56.2 Å². The van der Waals surface area contributed by atoms with Gasteiger partial charge in [-0.05, 0) is 53.7 Å². The zero-order chi connectivity index (χ0) is 14.5. The molecule has 108 valence electrons. The molecule has 0 fully saturated rings. The second-order valence-electron chi connectivity index (χ2n) is 5.06. The van der Waals surface area contributed by atoms with Gasteiger partial charge in [-0.2, -0.15) is 5.10 Å². The summed E-state index contributed by atoms with van der Waals surface area (Å²) in [5.41, 5.74) is 1.56. The Hall–Kier alpha value is -1.36. The summed E-state index contributed by atoms with van der Waals surface area (Å²) in [6, 6.07) is 2.06. The van der Waals surface area contributed by atoms with Gasteiger partial charge in [0, 0.05) is 12.2 Å². The Bertz CT molecular complexity index is 428. The molecule has 0 radical (unpaired) electrons. The molecule has 0 saturated heterocycles. The highest BCUT2D eigenvalue weighted by Crippen LogP contribution is 2.15. The van der Waals surface area contributed by atoms with E-state index >= 15 is 0 Å². The van der Waals surface area contributed by atoms with Gasteiger partial charge in [-0.15, -0.1) is 0 Å². The third-order valence-corrected chi connectivity index (χ3v) is 3.43. The highest BCUT2D eigenvalue weighted by Gasteiger charge is 2.32. The van der Waals surface area contributed by atoms with Crippen LogP contribution in [0.1, 0.15) is 38.1 Å². The lowest BCUT2D eigenvalue weighted by Crippen LogP contribution is -2.48. The molecule has 1 atom stereocenters. The molecule has 0 saturated carbocycles. The lowest BCUT2D eigenvalue weighted by molar-refractivity contribution is -0.150. The first-order valence-electron chi connectivity index (χ1n) is 6.80. The van der Waals surface area contributed by atoms with Gasteiger partial charge in [0.2, 0.25) is 0 Å². The van der Waals surface area contributed by atoms with Crippen LogP contribution in [-0.2, 0) is 16.1 Å². The highest BCUT2D eigenvalue weighted by molar-refractivity contribution is 5.80. The summed E-state index contributed by atoms with van der Waals surface area (Å²) in [4.78, 5) is 11.9. The van der Waals surface area contributed by atoms with E-state index in [9.17, 15) is 4.79 Å². The number of hydrogen-bond donors (Lipinski definition) is 1. The molecule has 0 aliphatic rings. The minimum absolute atomic E-state index is 0.189. The molecule has 1 aromatic rings. The van der Waals surface area contributed by atoms with Gasteiger partial charge < -0.3 is 10.1 Å². The highest BCUT2D eigenvalue weighted by atomic mass is 16.5. The van der Waals surface area contributed by atoms with Crippen LogP contribution in [0.15, 0.2) is 6.07 Å². The van der Waals surface area contributed by atoms with E-state index in [0.717, 1.165) is 30.8 Å². The fourth-order valence-corrected chi connectivity index (χ4v) is 2.10. The Kier molecular flexibility index (Phi) is 5.54. The Morgan fingerprint density at radius 1 is 1.53 bits per heavy atom. The molecule has 0 aliphatic carbocycles. The van der Waals surface area contributed by atoms with Gasteiger partial charge in [0.25, 0.3) is 0 Å². The summed E-state index contributed by atoms with van der Waals surface area (Å²) < 4.78 is 7.09. The van der Waals surface area contributed by atoms with Crippen LogP contribution in [0.2, 0.25) is 0 Å². The maximum atomic E-state index is 11.9. The van der Waals surface area contributed by atoms with Crippen LogP contribution in [-0.4, -0.2) is 34.9 Å². The largest absolute Gasteiger partial charge is 0.465 e. The van der Waals surface area contributed by atoms with Crippen molar-refractivity contribution in [3.05, 3.63) is 17.5 Å². The number of rotatable bonds is 7. The summed E-state index contributed by atoms with van der Waals surface area (Å²) in [6.07, 6.45) is 1.60. The number of aromatic nitrogens is 2. The lowest BCUT2D eigenvalue weighted by Gasteiger charge is -2.26. The van der Waals surface area contributed by atoms with E-state index in [1.807, 2.05) is 32.4 Å². The molecule has 1 unspecified atom stereocenters. The van der Waals surface area contributed by atoms with E-state index in [1.165, 1.54) is 0 Å². The van der Waals surface area contributed by atoms with Crippen molar-refractivity contribution in [1.82, 2.24) is 15.1 Å². The fraction of sp³-hybridized carbons (Fsp3) is 0.714. The molecule has 1 N–H and O–H groups in total. The van der Waals surface area contributed by atoms with Gasteiger partial charge in [-0.3, -0.25) is 9.48 Å². The predicted molar refractivity (Wildman–Crippen MR) is 75.0 cm³/mol. The van der Waals surface area contributed by atoms with Crippen LogP contribution in [0, 0.1) is 13.8 Å². The molecule has 0 aliphatic heterocycles. The second kappa shape index (κ2) is 6.70. The monoisotopic (exact) mass is 267 g/mol. The molecule has 1 aromatic heterocycles. The van der Waals surface area contributed by atoms with Crippen molar-refractivity contribution in [2.24, 2.45) is 0 Å². The van der Waals surface area contributed by atoms with Crippen molar-refractivity contribution < 1.29 is 9.53 Å². The van der Waals surface area contributed by atoms with Crippen molar-refractivity contribution in [2.75, 3.05) is 13.7 Å². The first kappa shape index (κ1) is 15.7. The number of aryl methyl sites for hydroxylation is 3. The average molecular weight is 267 g/mol. The smallest absolute Gasteiger partial charge is 0.326 e. The van der Waals surface area contributed by atoms with E-state index in [4.69, 9.17) is 4.74 Å². The normalized spacial score (nSPS) is 14.2. The SMILES string of the molecule is CCOC(=O)C(C)(CCCn1nc(C)cc1C)NC. The van der Waals surface area contributed by atoms with Crippen LogP contribution >= 0.6 is 0 Å². The summed E-state index contributed by atoms with van der Waals surface area (Å²) in [7, 11) is 1.79. The zero-order valence-corrected chi connectivity index (χ0v) is 12.6. The third kappa shape index (κ3) is 4.06. The number of likely N-dealkylation sites (N-methyl/N-ethyl adjacent to an activating group) is 1. The van der Waals surface area contributed by atoms with Crippen LogP contribution in [0.3, 0.4) is 0 Å². The summed E-state index contributed by atoms with van der Waals surface area (Å²) in [5, 5.41) is 7.48. The van der Waals surface area contributed by atoms with E-state index in [1.54, 1.807) is 7.05 Å². The minimum atomic E-state index is -0.619. The van der Waals surface area contributed by atoms with Crippen molar-refractivity contribution in [1.29, 1.82) is 0 Å². The molecule has 1 heterocycles. The van der Waals surface area contributed by atoms with Gasteiger partial charge in [0.1, 0.15) is 5.54 Å². The summed E-state index contributed by atoms with van der Waals surface area (Å²) in [6.45, 7) is 8.96. The van der Waals surface area contributed by atoms with Crippen molar-refractivity contribution in [2.45, 2.75) is 52.6 Å². The zero-order valence-electron chi connectivity index (χ0n) is 12.6. The Morgan fingerprint density at radius 2 is 2.21 bits per heavy atom. The number of carbonyl (C=O) groups excluding carboxylic acids is 1. The van der Waals surface area contributed by atoms with E-state index < -0.39 is 5.54 Å². The molecule has 0 amide bonds. The van der Waals surface area contributed by atoms with E-state index in [2.05, 4.69) is 16.5 Å². The Balaban J connectivity index is 2.54. The van der Waals surface area contributed by atoms with Gasteiger partial charge >= 0.3 is 5.97 Å². The number of carbonyl (C=O) groups is 1. The quantitative estimate of drug-likeness (QED) is 0.766. The maximum absolute atomic E-state index is 11.9. The summed E-state index contributed by atoms with van der Waals surface area (Å²) in [5.74, 6) is -0.189. The first-order valence-corrected chi connectivity index (χ1v) is 6.80. The van der Waals surface area contributed by atoms with E-state index in [-0.39, 0.29) is 5.97 Å². The van der Waals surface area contributed by atoms with Gasteiger partial charge in [-0.1, -0.05) is 0 Å². The standard InChI is InChI=1S/C14H25N3O2/c1-6-19-13(18)14(4,15-5)8-7-9-17-12(3)10-11(2)16-17/h10,15H,6-9H2,1-5H3. The number of esters is 1. The second-order valence-corrected chi connectivity index (χ2v) is 5.06. The molecule has 0 bridgehead atoms. The van der Waals surface area contributed by atoms with Crippen LogP contribution in [0.5, 0.6) is 0 Å². The molecule has 0 spiro atoms. The third-order valence-electron chi connectivity index (χ3n) is 3.43. The predicted octanol–water partition coefficient (Wildman–Crippen LogP) is 1.82. The molecule has 5 heteroatoms. The average Bonchev–Trinajstić information content (AvgIpc) is 2.68. The number of nitrogens with one attached hydrogen (secondary N) is 1. The van der Waals surface area contributed by atoms with Crippen molar-refractivity contribution in [3.8, 4) is 0 Å². The van der Waals surface area contributed by atoms with Crippen LogP contribution in [0.4, 0.5) is 0 Å². The Morgan fingerprint density at radius 3 is 2.68 bits per heavy atom. The number of hydrogen-bond acceptors (Lipinski definition) is 4. The fourth-order valence-electron chi connectivity index (χ4n) is 2.10. The lowest BCUT2D eigenvalue weighted by atomic mass is 9.96. The van der Waals surface area contributed by atoms with Gasteiger partial charge in [0.05, 0.1) is 12.3 Å². The van der Waals surface area contributed by atoms with Crippen LogP contribution < -0.4 is 5.32 Å². The molecule has 1 rings (SSSR count). The van der Waals surface area contributed by atoms with Crippen LogP contribution in [0.25, 0.3) is 0 Å². The number of ether oxygens (including phenoxy) is 1. The molecular formula is C14H25N3O2. The molecule has 5 nitrogen and oxygen atoms in total. The number of nitrogens with zero attached hydrogens (tertiary/aromatic N) is 2. The minimum Gasteiger partial charge on any atom is -0.465 e. The van der Waals surface area contributed by atoms with Crippen molar-refractivity contribution in [3.63, 3.8) is 0 Å². The summed E-state index contributed by atoms with van der Waals surface area (Å²) >= 11 is 0. The van der Waals surface area contributed by atoms with Crippen molar-refractivity contribution >= 4 is 5.97 Å². The Labute approximate surface area is 115 Å². The molecule has 19 heavy (non-hydrogen) atoms. The maximum Gasteiger partial charge on any atom is 0.326 e. The molecular weight excluding hydrogens is 242 g/mol. The van der Waals surface area contributed by atoms with Gasteiger partial charge in [-0.25, -0.2) is 0 Å². The molecule has 0 aromatic carbocycles. The van der Waals surface area contributed by atoms with E-state index in [0.29, 0.717) is 6.61 Å². The van der Waals surface area contributed by atoms with Gasteiger partial charge in [0.15, 0.2) is 0 Å². The first-order chi connectivity index (χ1) is 8.92.